The molecule has 0 radical (unpaired) electrons. The predicted octanol–water partition coefficient (Wildman–Crippen LogP) is 6.33. The number of nitro benzene ring substituents is 1. The molecular weight excluding hydrogens is 370 g/mol. The van der Waals surface area contributed by atoms with Crippen LogP contribution in [-0.4, -0.2) is 17.5 Å². The number of benzene rings is 2. The van der Waals surface area contributed by atoms with Gasteiger partial charge in [-0.25, -0.2) is 4.79 Å². The van der Waals surface area contributed by atoms with E-state index >= 15 is 0 Å². The molecule has 6 heteroatoms. The smallest absolute Gasteiger partial charge is 0.343 e. The molecule has 0 N–H and O–H groups in total. The lowest BCUT2D eigenvalue weighted by Gasteiger charge is -2.12. The van der Waals surface area contributed by atoms with Gasteiger partial charge in [0.05, 0.1) is 23.2 Å². The fourth-order valence-electron chi connectivity index (χ4n) is 2.96. The van der Waals surface area contributed by atoms with Gasteiger partial charge in [0.1, 0.15) is 0 Å². The summed E-state index contributed by atoms with van der Waals surface area (Å²) in [5.41, 5.74) is 0.216. The Morgan fingerprint density at radius 3 is 2.21 bits per heavy atom. The summed E-state index contributed by atoms with van der Waals surface area (Å²) < 4.78 is 11.1. The third kappa shape index (κ3) is 7.94. The van der Waals surface area contributed by atoms with Crippen LogP contribution in [0.4, 0.5) is 5.69 Å². The SMILES string of the molecule is CCCCCCCCCCOc1ccc([N+](=O)[O-])cc1OC(=O)c1ccccc1. The molecule has 0 saturated carbocycles. The Kier molecular flexibility index (Phi) is 9.69. The van der Waals surface area contributed by atoms with E-state index in [2.05, 4.69) is 6.92 Å². The number of unbranched alkanes of at least 4 members (excludes halogenated alkanes) is 7. The number of carbonyl (C=O) groups is 1. The number of rotatable bonds is 13. The largest absolute Gasteiger partial charge is 0.490 e. The highest BCUT2D eigenvalue weighted by atomic mass is 16.6. The first-order valence-corrected chi connectivity index (χ1v) is 10.3. The first kappa shape index (κ1) is 22.4. The van der Waals surface area contributed by atoms with Crippen molar-refractivity contribution in [2.45, 2.75) is 58.3 Å². The number of ether oxygens (including phenoxy) is 2. The summed E-state index contributed by atoms with van der Waals surface area (Å²) in [7, 11) is 0. The van der Waals surface area contributed by atoms with Crippen molar-refractivity contribution in [3.05, 3.63) is 64.2 Å². The van der Waals surface area contributed by atoms with Crippen molar-refractivity contribution in [1.82, 2.24) is 0 Å². The minimum atomic E-state index is -0.581. The average molecular weight is 399 g/mol. The van der Waals surface area contributed by atoms with E-state index in [1.54, 1.807) is 30.3 Å². The summed E-state index contributed by atoms with van der Waals surface area (Å²) in [6.07, 6.45) is 9.48. The zero-order valence-electron chi connectivity index (χ0n) is 17.0. The van der Waals surface area contributed by atoms with E-state index < -0.39 is 10.9 Å². The maximum atomic E-state index is 12.3. The van der Waals surface area contributed by atoms with Crippen LogP contribution in [0.5, 0.6) is 11.5 Å². The topological polar surface area (TPSA) is 78.7 Å². The Balaban J connectivity index is 1.89. The normalized spacial score (nSPS) is 10.5. The van der Waals surface area contributed by atoms with Crippen molar-refractivity contribution >= 4 is 11.7 Å². The Morgan fingerprint density at radius 1 is 0.897 bits per heavy atom. The highest BCUT2D eigenvalue weighted by Gasteiger charge is 2.17. The van der Waals surface area contributed by atoms with Crippen LogP contribution in [0.2, 0.25) is 0 Å². The van der Waals surface area contributed by atoms with Crippen LogP contribution < -0.4 is 9.47 Å². The lowest BCUT2D eigenvalue weighted by molar-refractivity contribution is -0.384. The van der Waals surface area contributed by atoms with Crippen LogP contribution in [0.3, 0.4) is 0 Å². The Labute approximate surface area is 172 Å². The molecule has 6 nitrogen and oxygen atoms in total. The molecule has 2 rings (SSSR count). The number of hydrogen-bond donors (Lipinski definition) is 0. The summed E-state index contributed by atoms with van der Waals surface area (Å²) >= 11 is 0. The number of hydrogen-bond acceptors (Lipinski definition) is 5. The van der Waals surface area contributed by atoms with Crippen molar-refractivity contribution in [1.29, 1.82) is 0 Å². The molecule has 0 saturated heterocycles. The van der Waals surface area contributed by atoms with E-state index in [1.165, 1.54) is 56.7 Å². The van der Waals surface area contributed by atoms with Crippen molar-refractivity contribution in [3.63, 3.8) is 0 Å². The Bertz CT molecular complexity index is 776. The van der Waals surface area contributed by atoms with E-state index in [0.29, 0.717) is 17.9 Å². The summed E-state index contributed by atoms with van der Waals surface area (Å²) in [6, 6.07) is 12.6. The summed E-state index contributed by atoms with van der Waals surface area (Å²) in [5.74, 6) is -0.182. The quantitative estimate of drug-likeness (QED) is 0.129. The van der Waals surface area contributed by atoms with Gasteiger partial charge in [-0.2, -0.15) is 0 Å². The molecule has 0 heterocycles. The highest BCUT2D eigenvalue weighted by Crippen LogP contribution is 2.32. The molecule has 156 valence electrons. The van der Waals surface area contributed by atoms with Crippen molar-refractivity contribution in [2.75, 3.05) is 6.61 Å². The monoisotopic (exact) mass is 399 g/mol. The van der Waals surface area contributed by atoms with Gasteiger partial charge in [0.2, 0.25) is 0 Å². The molecule has 2 aromatic rings. The molecule has 0 aliphatic rings. The molecule has 0 amide bonds. The van der Waals surface area contributed by atoms with E-state index in [0.717, 1.165) is 12.8 Å². The number of nitrogens with zero attached hydrogens (tertiary/aromatic N) is 1. The molecule has 0 fully saturated rings. The van der Waals surface area contributed by atoms with Gasteiger partial charge in [-0.3, -0.25) is 10.1 Å². The maximum absolute atomic E-state index is 12.3. The third-order valence-electron chi connectivity index (χ3n) is 4.61. The van der Waals surface area contributed by atoms with Crippen LogP contribution in [-0.2, 0) is 0 Å². The maximum Gasteiger partial charge on any atom is 0.343 e. The highest BCUT2D eigenvalue weighted by molar-refractivity contribution is 5.91. The zero-order valence-corrected chi connectivity index (χ0v) is 17.0. The molecule has 0 unspecified atom stereocenters. The minimum absolute atomic E-state index is 0.0626. The van der Waals surface area contributed by atoms with Gasteiger partial charge >= 0.3 is 5.97 Å². The summed E-state index contributed by atoms with van der Waals surface area (Å²) in [4.78, 5) is 22.9. The van der Waals surface area contributed by atoms with Crippen LogP contribution >= 0.6 is 0 Å². The van der Waals surface area contributed by atoms with Gasteiger partial charge in [0.15, 0.2) is 11.5 Å². The van der Waals surface area contributed by atoms with E-state index in [9.17, 15) is 14.9 Å². The lowest BCUT2D eigenvalue weighted by Crippen LogP contribution is -2.10. The molecule has 0 aliphatic carbocycles. The van der Waals surface area contributed by atoms with Crippen molar-refractivity contribution in [3.8, 4) is 11.5 Å². The number of esters is 1. The zero-order chi connectivity index (χ0) is 20.9. The minimum Gasteiger partial charge on any atom is -0.490 e. The van der Waals surface area contributed by atoms with E-state index in [-0.39, 0.29) is 11.4 Å². The molecule has 0 bridgehead atoms. The molecule has 0 spiro atoms. The number of nitro groups is 1. The van der Waals surface area contributed by atoms with Crippen LogP contribution in [0.1, 0.15) is 68.6 Å². The summed E-state index contributed by atoms with van der Waals surface area (Å²) in [6.45, 7) is 2.68. The van der Waals surface area contributed by atoms with Gasteiger partial charge < -0.3 is 9.47 Å². The second kappa shape index (κ2) is 12.5. The van der Waals surface area contributed by atoms with Crippen molar-refractivity contribution < 1.29 is 19.2 Å². The molecular formula is C23H29NO5. The van der Waals surface area contributed by atoms with Crippen LogP contribution in [0.25, 0.3) is 0 Å². The third-order valence-corrected chi connectivity index (χ3v) is 4.61. The molecule has 2 aromatic carbocycles. The van der Waals surface area contributed by atoms with E-state index in [4.69, 9.17) is 9.47 Å². The Hall–Kier alpha value is -2.89. The Morgan fingerprint density at radius 2 is 1.55 bits per heavy atom. The fraction of sp³-hybridized carbons (Fsp3) is 0.435. The second-order valence-electron chi connectivity index (χ2n) is 6.97. The van der Waals surface area contributed by atoms with E-state index in [1.807, 2.05) is 0 Å². The van der Waals surface area contributed by atoms with Gasteiger partial charge in [0.25, 0.3) is 5.69 Å². The lowest BCUT2D eigenvalue weighted by atomic mass is 10.1. The molecule has 29 heavy (non-hydrogen) atoms. The van der Waals surface area contributed by atoms with Crippen LogP contribution in [0, 0.1) is 10.1 Å². The first-order valence-electron chi connectivity index (χ1n) is 10.3. The van der Waals surface area contributed by atoms with Crippen molar-refractivity contribution in [2.24, 2.45) is 0 Å². The first-order chi connectivity index (χ1) is 14.1. The predicted molar refractivity (Wildman–Crippen MR) is 113 cm³/mol. The average Bonchev–Trinajstić information content (AvgIpc) is 2.73. The standard InChI is InChI=1S/C23H29NO5/c1-2-3-4-5-6-7-8-12-17-28-21-16-15-20(24(26)27)18-22(21)29-23(25)19-13-10-9-11-14-19/h9-11,13-16,18H,2-8,12,17H2,1H3. The van der Waals surface area contributed by atoms with Gasteiger partial charge in [0, 0.05) is 6.07 Å². The molecule has 0 aromatic heterocycles. The summed E-state index contributed by atoms with van der Waals surface area (Å²) in [5, 5.41) is 11.1. The van der Waals surface area contributed by atoms with Gasteiger partial charge in [-0.15, -0.1) is 0 Å². The van der Waals surface area contributed by atoms with Crippen LogP contribution in [0.15, 0.2) is 48.5 Å². The fourth-order valence-corrected chi connectivity index (χ4v) is 2.96. The number of non-ortho nitro benzene ring substituents is 1. The number of carbonyl (C=O) groups excluding carboxylic acids is 1. The molecule has 0 aliphatic heterocycles. The molecule has 0 atom stereocenters. The second-order valence-corrected chi connectivity index (χ2v) is 6.97. The van der Waals surface area contributed by atoms with Gasteiger partial charge in [-0.1, -0.05) is 70.1 Å². The van der Waals surface area contributed by atoms with Gasteiger partial charge in [-0.05, 0) is 24.6 Å².